The summed E-state index contributed by atoms with van der Waals surface area (Å²) >= 11 is 0. The molecule has 1 aromatic heterocycles. The van der Waals surface area contributed by atoms with Crippen LogP contribution in [0.2, 0.25) is 0 Å². The van der Waals surface area contributed by atoms with Gasteiger partial charge in [-0.05, 0) is 44.0 Å². The standard InChI is InChI=1S/C17H21N3O3/c1-11(21)13-3-2-8-20(10-13)17(23)16(22)19-14-4-5-15-12(9-14)6-7-18-15/h4-7,9,11,13,18,21H,2-3,8,10H2,1H3,(H,19,22). The molecule has 1 saturated heterocycles. The van der Waals surface area contributed by atoms with Gasteiger partial charge in [0.25, 0.3) is 0 Å². The molecule has 1 fully saturated rings. The minimum Gasteiger partial charge on any atom is -0.393 e. The average Bonchev–Trinajstić information content (AvgIpc) is 3.01. The Morgan fingerprint density at radius 3 is 3.00 bits per heavy atom. The van der Waals surface area contributed by atoms with Crippen molar-refractivity contribution in [3.8, 4) is 0 Å². The van der Waals surface area contributed by atoms with Crippen molar-refractivity contribution in [3.05, 3.63) is 30.5 Å². The van der Waals surface area contributed by atoms with Gasteiger partial charge < -0.3 is 20.3 Å². The molecule has 0 spiro atoms. The van der Waals surface area contributed by atoms with Crippen molar-refractivity contribution in [2.24, 2.45) is 5.92 Å². The van der Waals surface area contributed by atoms with E-state index in [9.17, 15) is 14.7 Å². The molecule has 2 heterocycles. The van der Waals surface area contributed by atoms with Crippen LogP contribution in [-0.4, -0.2) is 46.0 Å². The number of aromatic nitrogens is 1. The Balaban J connectivity index is 1.66. The molecule has 1 aromatic carbocycles. The first kappa shape index (κ1) is 15.6. The smallest absolute Gasteiger partial charge is 0.313 e. The zero-order valence-corrected chi connectivity index (χ0v) is 13.1. The second-order valence-corrected chi connectivity index (χ2v) is 6.13. The second kappa shape index (κ2) is 6.42. The van der Waals surface area contributed by atoms with E-state index in [0.29, 0.717) is 18.8 Å². The molecule has 1 aliphatic heterocycles. The molecule has 3 N–H and O–H groups in total. The Hall–Kier alpha value is -2.34. The third kappa shape index (κ3) is 3.37. The molecule has 2 amide bonds. The Morgan fingerprint density at radius 2 is 2.22 bits per heavy atom. The molecule has 0 bridgehead atoms. The van der Waals surface area contributed by atoms with Gasteiger partial charge in [-0.15, -0.1) is 0 Å². The number of benzene rings is 1. The van der Waals surface area contributed by atoms with E-state index in [2.05, 4.69) is 10.3 Å². The highest BCUT2D eigenvalue weighted by molar-refractivity contribution is 6.39. The number of fused-ring (bicyclic) bond motifs is 1. The Morgan fingerprint density at radius 1 is 1.39 bits per heavy atom. The maximum absolute atomic E-state index is 12.3. The molecule has 0 radical (unpaired) electrons. The second-order valence-electron chi connectivity index (χ2n) is 6.13. The highest BCUT2D eigenvalue weighted by atomic mass is 16.3. The van der Waals surface area contributed by atoms with Crippen molar-refractivity contribution in [1.82, 2.24) is 9.88 Å². The normalized spacial score (nSPS) is 19.6. The summed E-state index contributed by atoms with van der Waals surface area (Å²) in [5.74, 6) is -1.13. The van der Waals surface area contributed by atoms with Crippen LogP contribution in [0.25, 0.3) is 10.9 Å². The molecule has 6 nitrogen and oxygen atoms in total. The number of aliphatic hydroxyl groups excluding tert-OH is 1. The Bertz CT molecular complexity index is 723. The van der Waals surface area contributed by atoms with E-state index in [1.807, 2.05) is 24.4 Å². The van der Waals surface area contributed by atoms with E-state index < -0.39 is 17.9 Å². The monoisotopic (exact) mass is 315 g/mol. The van der Waals surface area contributed by atoms with Gasteiger partial charge in [-0.25, -0.2) is 0 Å². The maximum atomic E-state index is 12.3. The first-order chi connectivity index (χ1) is 11.0. The van der Waals surface area contributed by atoms with Gasteiger partial charge >= 0.3 is 11.8 Å². The first-order valence-corrected chi connectivity index (χ1v) is 7.90. The fourth-order valence-corrected chi connectivity index (χ4v) is 3.05. The predicted molar refractivity (Wildman–Crippen MR) is 87.9 cm³/mol. The van der Waals surface area contributed by atoms with Crippen LogP contribution in [0.4, 0.5) is 5.69 Å². The number of carbonyl (C=O) groups is 2. The van der Waals surface area contributed by atoms with Crippen molar-refractivity contribution in [3.63, 3.8) is 0 Å². The van der Waals surface area contributed by atoms with Gasteiger partial charge in [-0.2, -0.15) is 0 Å². The molecule has 0 aliphatic carbocycles. The van der Waals surface area contributed by atoms with Gasteiger partial charge in [-0.1, -0.05) is 0 Å². The number of aromatic amines is 1. The molecule has 3 rings (SSSR count). The lowest BCUT2D eigenvalue weighted by molar-refractivity contribution is -0.144. The van der Waals surface area contributed by atoms with Gasteiger partial charge in [0.15, 0.2) is 0 Å². The number of piperidine rings is 1. The van der Waals surface area contributed by atoms with Crippen LogP contribution in [0.1, 0.15) is 19.8 Å². The minimum absolute atomic E-state index is 0.0386. The summed E-state index contributed by atoms with van der Waals surface area (Å²) in [7, 11) is 0. The molecule has 2 aromatic rings. The van der Waals surface area contributed by atoms with Crippen LogP contribution in [-0.2, 0) is 9.59 Å². The van der Waals surface area contributed by atoms with E-state index in [4.69, 9.17) is 0 Å². The zero-order chi connectivity index (χ0) is 16.4. The van der Waals surface area contributed by atoms with Gasteiger partial charge in [0.2, 0.25) is 0 Å². The van der Waals surface area contributed by atoms with Crippen LogP contribution in [0.5, 0.6) is 0 Å². The first-order valence-electron chi connectivity index (χ1n) is 7.90. The highest BCUT2D eigenvalue weighted by Crippen LogP contribution is 2.21. The Kier molecular flexibility index (Phi) is 4.34. The van der Waals surface area contributed by atoms with Crippen LogP contribution >= 0.6 is 0 Å². The SMILES string of the molecule is CC(O)C1CCCN(C(=O)C(=O)Nc2ccc3[nH]ccc3c2)C1. The largest absolute Gasteiger partial charge is 0.393 e. The molecule has 2 atom stereocenters. The number of nitrogens with zero attached hydrogens (tertiary/aromatic N) is 1. The van der Waals surface area contributed by atoms with E-state index in [-0.39, 0.29) is 5.92 Å². The summed E-state index contributed by atoms with van der Waals surface area (Å²) in [5.41, 5.74) is 1.57. The predicted octanol–water partition coefficient (Wildman–Crippen LogP) is 1.73. The highest BCUT2D eigenvalue weighted by Gasteiger charge is 2.29. The summed E-state index contributed by atoms with van der Waals surface area (Å²) in [6.07, 6.45) is 3.05. The molecule has 6 heteroatoms. The number of nitrogens with one attached hydrogen (secondary N) is 2. The number of rotatable bonds is 2. The molecule has 1 aliphatic rings. The van der Waals surface area contributed by atoms with Crippen molar-refractivity contribution in [2.45, 2.75) is 25.9 Å². The summed E-state index contributed by atoms with van der Waals surface area (Å²) in [6.45, 7) is 2.72. The van der Waals surface area contributed by atoms with Gasteiger partial charge in [-0.3, -0.25) is 9.59 Å². The lowest BCUT2D eigenvalue weighted by Gasteiger charge is -2.33. The summed E-state index contributed by atoms with van der Waals surface area (Å²) in [4.78, 5) is 29.1. The average molecular weight is 315 g/mol. The van der Waals surface area contributed by atoms with Gasteiger partial charge in [0.1, 0.15) is 0 Å². The maximum Gasteiger partial charge on any atom is 0.313 e. The van der Waals surface area contributed by atoms with Gasteiger partial charge in [0.05, 0.1) is 6.10 Å². The summed E-state index contributed by atoms with van der Waals surface area (Å²) in [6, 6.07) is 7.36. The third-order valence-electron chi connectivity index (χ3n) is 4.43. The van der Waals surface area contributed by atoms with E-state index in [1.165, 1.54) is 4.90 Å². The summed E-state index contributed by atoms with van der Waals surface area (Å²) < 4.78 is 0. The van der Waals surface area contributed by atoms with Crippen LogP contribution < -0.4 is 5.32 Å². The molecule has 2 unspecified atom stereocenters. The molecule has 122 valence electrons. The fraction of sp³-hybridized carbons (Fsp3) is 0.412. The van der Waals surface area contributed by atoms with Crippen LogP contribution in [0.15, 0.2) is 30.5 Å². The number of aliphatic hydroxyl groups is 1. The minimum atomic E-state index is -0.633. The van der Waals surface area contributed by atoms with E-state index >= 15 is 0 Å². The van der Waals surface area contributed by atoms with Gasteiger partial charge in [0, 0.05) is 41.8 Å². The molecular weight excluding hydrogens is 294 g/mol. The number of carbonyl (C=O) groups excluding carboxylic acids is 2. The molecule has 0 saturated carbocycles. The van der Waals surface area contributed by atoms with E-state index in [0.717, 1.165) is 23.7 Å². The van der Waals surface area contributed by atoms with Crippen molar-refractivity contribution < 1.29 is 14.7 Å². The lowest BCUT2D eigenvalue weighted by Crippen LogP contribution is -2.47. The number of H-pyrrole nitrogens is 1. The topological polar surface area (TPSA) is 85.4 Å². The number of amides is 2. The Labute approximate surface area is 134 Å². The molecule has 23 heavy (non-hydrogen) atoms. The summed E-state index contributed by atoms with van der Waals surface area (Å²) in [5, 5.41) is 13.3. The van der Waals surface area contributed by atoms with Crippen LogP contribution in [0, 0.1) is 5.92 Å². The van der Waals surface area contributed by atoms with E-state index in [1.54, 1.807) is 13.0 Å². The number of likely N-dealkylation sites (tertiary alicyclic amines) is 1. The third-order valence-corrected chi connectivity index (χ3v) is 4.43. The van der Waals surface area contributed by atoms with Crippen molar-refractivity contribution in [1.29, 1.82) is 0 Å². The number of anilines is 1. The lowest BCUT2D eigenvalue weighted by atomic mass is 9.93. The van der Waals surface area contributed by atoms with Crippen LogP contribution in [0.3, 0.4) is 0 Å². The zero-order valence-electron chi connectivity index (χ0n) is 13.1. The number of hydrogen-bond donors (Lipinski definition) is 3. The molecular formula is C17H21N3O3. The quantitative estimate of drug-likeness (QED) is 0.738. The number of hydrogen-bond acceptors (Lipinski definition) is 3. The van der Waals surface area contributed by atoms with Crippen molar-refractivity contribution in [2.75, 3.05) is 18.4 Å². The van der Waals surface area contributed by atoms with Crippen molar-refractivity contribution >= 4 is 28.4 Å². The fourth-order valence-electron chi connectivity index (χ4n) is 3.05.